The van der Waals surface area contributed by atoms with Crippen LogP contribution in [0.25, 0.3) is 0 Å². The molecule has 0 amide bonds. The lowest BCUT2D eigenvalue weighted by molar-refractivity contribution is 0.510. The van der Waals surface area contributed by atoms with E-state index in [-0.39, 0.29) is 0 Å². The minimum atomic E-state index is -2.78. The molecule has 1 rings (SSSR count). The van der Waals surface area contributed by atoms with Crippen LogP contribution in [0.1, 0.15) is 0 Å². The van der Waals surface area contributed by atoms with Crippen LogP contribution < -0.4 is 4.18 Å². The summed E-state index contributed by atoms with van der Waals surface area (Å²) in [5.74, 6) is 0.346. The van der Waals surface area contributed by atoms with Crippen molar-refractivity contribution in [3.63, 3.8) is 0 Å². The average Bonchev–Trinajstić information content (AvgIpc) is 1.88. The highest BCUT2D eigenvalue weighted by Gasteiger charge is 1.88. The van der Waals surface area contributed by atoms with Crippen molar-refractivity contribution in [2.75, 3.05) is 0 Å². The molecule has 0 N–H and O–H groups in total. The molecule has 4 heteroatoms. The number of para-hydroxylation sites is 1. The average molecular weight is 158 g/mol. The minimum Gasteiger partial charge on any atom is -0.384 e. The smallest absolute Gasteiger partial charge is 0.299 e. The Labute approximate surface area is 60.4 Å². The largest absolute Gasteiger partial charge is 0.384 e. The van der Waals surface area contributed by atoms with Crippen molar-refractivity contribution in [2.45, 2.75) is 0 Å². The molecular formula is C6H6O3S. The van der Waals surface area contributed by atoms with Gasteiger partial charge in [0.2, 0.25) is 0 Å². The summed E-state index contributed by atoms with van der Waals surface area (Å²) in [6.45, 7) is 0. The van der Waals surface area contributed by atoms with Crippen molar-refractivity contribution in [2.24, 2.45) is 0 Å². The van der Waals surface area contributed by atoms with Crippen molar-refractivity contribution in [1.29, 1.82) is 0 Å². The summed E-state index contributed by atoms with van der Waals surface area (Å²) < 4.78 is 24.3. The van der Waals surface area contributed by atoms with E-state index in [1.165, 1.54) is 0 Å². The fraction of sp³-hybridized carbons (Fsp3) is 0. The number of hydrogen-bond donors (Lipinski definition) is 1. The second-order valence-electron chi connectivity index (χ2n) is 1.63. The van der Waals surface area contributed by atoms with E-state index >= 15 is 0 Å². The first-order valence-electron chi connectivity index (χ1n) is 2.66. The van der Waals surface area contributed by atoms with Crippen LogP contribution in [0, 0.1) is 0 Å². The molecule has 0 aliphatic rings. The fourth-order valence-corrected chi connectivity index (χ4v) is 0.861. The van der Waals surface area contributed by atoms with E-state index in [1.807, 2.05) is 0 Å². The number of hydrogen-bond acceptors (Lipinski definition) is 3. The lowest BCUT2D eigenvalue weighted by Gasteiger charge is -1.93. The molecule has 0 unspecified atom stereocenters. The first-order valence-corrected chi connectivity index (χ1v) is 3.76. The van der Waals surface area contributed by atoms with Crippen LogP contribution in [0.5, 0.6) is 5.75 Å². The normalized spacial score (nSPS) is 9.70. The van der Waals surface area contributed by atoms with Crippen molar-refractivity contribution in [3.8, 4) is 5.75 Å². The summed E-state index contributed by atoms with van der Waals surface area (Å²) in [5.41, 5.74) is 0. The van der Waals surface area contributed by atoms with E-state index in [0.717, 1.165) is 0 Å². The number of thiol groups is 1. The Balaban J connectivity index is 2.77. The SMILES string of the molecule is O=[SH](=O)Oc1ccccc1. The van der Waals surface area contributed by atoms with Crippen LogP contribution in [0.4, 0.5) is 0 Å². The summed E-state index contributed by atoms with van der Waals surface area (Å²) in [6.07, 6.45) is 0. The summed E-state index contributed by atoms with van der Waals surface area (Å²) in [6, 6.07) is 8.34. The first-order chi connectivity index (χ1) is 4.79. The number of rotatable bonds is 2. The molecule has 54 valence electrons. The maximum Gasteiger partial charge on any atom is 0.299 e. The van der Waals surface area contributed by atoms with Crippen molar-refractivity contribution in [3.05, 3.63) is 30.3 Å². The van der Waals surface area contributed by atoms with Crippen LogP contribution in [0.15, 0.2) is 30.3 Å². The third-order valence-electron chi connectivity index (χ3n) is 0.923. The van der Waals surface area contributed by atoms with Gasteiger partial charge in [-0.1, -0.05) is 18.2 Å². The topological polar surface area (TPSA) is 43.4 Å². The Morgan fingerprint density at radius 1 is 1.10 bits per heavy atom. The van der Waals surface area contributed by atoms with Gasteiger partial charge < -0.3 is 4.18 Å². The van der Waals surface area contributed by atoms with Crippen LogP contribution in [-0.4, -0.2) is 8.42 Å². The maximum atomic E-state index is 9.98. The Bertz CT molecular complexity index is 258. The lowest BCUT2D eigenvalue weighted by atomic mass is 10.3. The van der Waals surface area contributed by atoms with Crippen LogP contribution in [0.2, 0.25) is 0 Å². The Kier molecular flexibility index (Phi) is 2.28. The molecular weight excluding hydrogens is 152 g/mol. The molecule has 0 saturated carbocycles. The monoisotopic (exact) mass is 158 g/mol. The highest BCUT2D eigenvalue weighted by molar-refractivity contribution is 7.67. The summed E-state index contributed by atoms with van der Waals surface area (Å²) in [5, 5.41) is 0. The Morgan fingerprint density at radius 2 is 1.70 bits per heavy atom. The molecule has 0 aliphatic heterocycles. The minimum absolute atomic E-state index is 0.346. The van der Waals surface area contributed by atoms with E-state index in [1.54, 1.807) is 30.3 Å². The molecule has 1 aromatic rings. The second-order valence-corrected chi connectivity index (χ2v) is 2.26. The van der Waals surface area contributed by atoms with Crippen LogP contribution in [-0.2, 0) is 11.0 Å². The molecule has 0 aliphatic carbocycles. The van der Waals surface area contributed by atoms with Crippen LogP contribution in [0.3, 0.4) is 0 Å². The van der Waals surface area contributed by atoms with E-state index < -0.39 is 11.0 Å². The van der Waals surface area contributed by atoms with E-state index in [0.29, 0.717) is 5.75 Å². The van der Waals surface area contributed by atoms with Gasteiger partial charge in [-0.05, 0) is 12.1 Å². The summed E-state index contributed by atoms with van der Waals surface area (Å²) in [4.78, 5) is 0. The van der Waals surface area contributed by atoms with Crippen molar-refractivity contribution in [1.82, 2.24) is 0 Å². The zero-order chi connectivity index (χ0) is 7.40. The predicted molar refractivity (Wildman–Crippen MR) is 37.4 cm³/mol. The zero-order valence-corrected chi connectivity index (χ0v) is 5.95. The van der Waals surface area contributed by atoms with Gasteiger partial charge in [0.05, 0.1) is 0 Å². The van der Waals surface area contributed by atoms with Gasteiger partial charge >= 0.3 is 0 Å². The summed E-state index contributed by atoms with van der Waals surface area (Å²) >= 11 is 0. The molecule has 0 bridgehead atoms. The van der Waals surface area contributed by atoms with E-state index in [9.17, 15) is 8.42 Å². The molecule has 0 spiro atoms. The fourth-order valence-electron chi connectivity index (χ4n) is 0.567. The third-order valence-corrected chi connectivity index (χ3v) is 1.28. The number of benzene rings is 1. The Hall–Kier alpha value is -1.03. The molecule has 0 fully saturated rings. The van der Waals surface area contributed by atoms with Gasteiger partial charge in [-0.25, -0.2) is 0 Å². The third kappa shape index (κ3) is 2.06. The van der Waals surface area contributed by atoms with Crippen molar-refractivity contribution < 1.29 is 12.6 Å². The molecule has 0 aromatic heterocycles. The molecule has 0 heterocycles. The van der Waals surface area contributed by atoms with Gasteiger partial charge in [0.1, 0.15) is 5.75 Å². The van der Waals surface area contributed by atoms with Gasteiger partial charge in [0.15, 0.2) is 0 Å². The highest BCUT2D eigenvalue weighted by Crippen LogP contribution is 2.07. The van der Waals surface area contributed by atoms with E-state index in [4.69, 9.17) is 0 Å². The van der Waals surface area contributed by atoms with Crippen LogP contribution >= 0.6 is 0 Å². The first kappa shape index (κ1) is 7.08. The summed E-state index contributed by atoms with van der Waals surface area (Å²) in [7, 11) is -2.78. The van der Waals surface area contributed by atoms with Gasteiger partial charge in [-0.2, -0.15) is 8.42 Å². The molecule has 1 aromatic carbocycles. The molecule has 3 nitrogen and oxygen atoms in total. The predicted octanol–water partition coefficient (Wildman–Crippen LogP) is 0.592. The standard InChI is InChI=1S/C6H6O3S/c7-10(8)9-6-4-2-1-3-5-6/h1-5,10H. The van der Waals surface area contributed by atoms with E-state index in [2.05, 4.69) is 4.18 Å². The Morgan fingerprint density at radius 3 is 2.20 bits per heavy atom. The van der Waals surface area contributed by atoms with Gasteiger partial charge in [-0.15, -0.1) is 0 Å². The molecule has 10 heavy (non-hydrogen) atoms. The van der Waals surface area contributed by atoms with Gasteiger partial charge in [0.25, 0.3) is 11.0 Å². The van der Waals surface area contributed by atoms with Crippen molar-refractivity contribution >= 4 is 11.0 Å². The lowest BCUT2D eigenvalue weighted by Crippen LogP contribution is -1.88. The molecule has 0 atom stereocenters. The maximum absolute atomic E-state index is 9.98. The highest BCUT2D eigenvalue weighted by atomic mass is 32.2. The molecule has 0 radical (unpaired) electrons. The quantitative estimate of drug-likeness (QED) is 0.641. The van der Waals surface area contributed by atoms with Gasteiger partial charge in [0, 0.05) is 0 Å². The molecule has 0 saturated heterocycles. The second kappa shape index (κ2) is 3.22. The zero-order valence-electron chi connectivity index (χ0n) is 5.06. The van der Waals surface area contributed by atoms with Gasteiger partial charge in [-0.3, -0.25) is 0 Å².